The van der Waals surface area contributed by atoms with Crippen LogP contribution >= 0.6 is 11.3 Å². The molecule has 0 fully saturated rings. The highest BCUT2D eigenvalue weighted by Gasteiger charge is 2.13. The van der Waals surface area contributed by atoms with Crippen molar-refractivity contribution in [2.45, 2.75) is 19.9 Å². The quantitative estimate of drug-likeness (QED) is 0.535. The number of carbonyl (C=O) groups is 1. The summed E-state index contributed by atoms with van der Waals surface area (Å²) in [5.41, 5.74) is 5.10. The third-order valence-corrected chi connectivity index (χ3v) is 5.49. The Kier molecular flexibility index (Phi) is 5.12. The van der Waals surface area contributed by atoms with Crippen LogP contribution in [0.4, 0.5) is 0 Å². The number of methoxy groups -OCH3 is 1. The van der Waals surface area contributed by atoms with E-state index in [1.54, 1.807) is 7.11 Å². The molecule has 0 unspecified atom stereocenters. The highest BCUT2D eigenvalue weighted by atomic mass is 32.1. The smallest absolute Gasteiger partial charge is 0.226 e. The lowest BCUT2D eigenvalue weighted by atomic mass is 10.1. The average molecular weight is 391 g/mol. The highest BCUT2D eigenvalue weighted by molar-refractivity contribution is 7.15. The lowest BCUT2D eigenvalue weighted by molar-refractivity contribution is -0.120. The van der Waals surface area contributed by atoms with Crippen molar-refractivity contribution in [2.24, 2.45) is 0 Å². The summed E-state index contributed by atoms with van der Waals surface area (Å²) in [5, 5.41) is 4.98. The number of imidazole rings is 1. The molecule has 0 atom stereocenters. The highest BCUT2D eigenvalue weighted by Crippen LogP contribution is 2.26. The van der Waals surface area contributed by atoms with Crippen molar-refractivity contribution in [1.29, 1.82) is 0 Å². The van der Waals surface area contributed by atoms with Gasteiger partial charge in [0.25, 0.3) is 0 Å². The van der Waals surface area contributed by atoms with Gasteiger partial charge in [0.15, 0.2) is 4.96 Å². The van der Waals surface area contributed by atoms with E-state index in [-0.39, 0.29) is 5.91 Å². The fraction of sp³-hybridized carbons (Fsp3) is 0.182. The number of hydrogen-bond donors (Lipinski definition) is 1. The molecule has 28 heavy (non-hydrogen) atoms. The van der Waals surface area contributed by atoms with Gasteiger partial charge in [0, 0.05) is 29.4 Å². The van der Waals surface area contributed by atoms with E-state index in [2.05, 4.69) is 29.4 Å². The van der Waals surface area contributed by atoms with Gasteiger partial charge in [-0.05, 0) is 24.6 Å². The molecule has 1 amide bonds. The first-order valence-corrected chi connectivity index (χ1v) is 9.92. The minimum absolute atomic E-state index is 0.00287. The molecule has 0 saturated carbocycles. The maximum Gasteiger partial charge on any atom is 0.226 e. The number of benzene rings is 2. The van der Waals surface area contributed by atoms with Crippen molar-refractivity contribution in [2.75, 3.05) is 7.11 Å². The largest absolute Gasteiger partial charge is 0.497 e. The molecular weight excluding hydrogens is 370 g/mol. The Morgan fingerprint density at radius 2 is 2.04 bits per heavy atom. The Bertz CT molecular complexity index is 1110. The zero-order valence-corrected chi connectivity index (χ0v) is 16.6. The van der Waals surface area contributed by atoms with Gasteiger partial charge in [0.05, 0.1) is 19.2 Å². The van der Waals surface area contributed by atoms with E-state index in [0.717, 1.165) is 33.2 Å². The summed E-state index contributed by atoms with van der Waals surface area (Å²) in [6, 6.07) is 16.0. The number of nitrogens with one attached hydrogen (secondary N) is 1. The maximum atomic E-state index is 12.4. The molecule has 6 heteroatoms. The summed E-state index contributed by atoms with van der Waals surface area (Å²) in [6.45, 7) is 2.58. The van der Waals surface area contributed by atoms with Crippen molar-refractivity contribution < 1.29 is 9.53 Å². The first-order chi connectivity index (χ1) is 13.6. The summed E-state index contributed by atoms with van der Waals surface area (Å²) in [5.74, 6) is 0.793. The predicted molar refractivity (Wildman–Crippen MR) is 112 cm³/mol. The second kappa shape index (κ2) is 7.86. The lowest BCUT2D eigenvalue weighted by Gasteiger charge is -2.05. The van der Waals surface area contributed by atoms with Gasteiger partial charge >= 0.3 is 0 Å². The van der Waals surface area contributed by atoms with Gasteiger partial charge in [-0.15, -0.1) is 11.3 Å². The molecule has 4 aromatic rings. The Morgan fingerprint density at radius 3 is 2.82 bits per heavy atom. The number of ether oxygens (including phenoxy) is 1. The topological polar surface area (TPSA) is 55.6 Å². The van der Waals surface area contributed by atoms with E-state index in [1.807, 2.05) is 52.4 Å². The predicted octanol–water partition coefficient (Wildman–Crippen LogP) is 4.24. The van der Waals surface area contributed by atoms with Gasteiger partial charge in [-0.1, -0.05) is 42.0 Å². The molecule has 2 heterocycles. The number of rotatable bonds is 6. The van der Waals surface area contributed by atoms with Crippen molar-refractivity contribution in [3.63, 3.8) is 0 Å². The molecule has 0 aliphatic carbocycles. The van der Waals surface area contributed by atoms with Crippen molar-refractivity contribution >= 4 is 22.2 Å². The van der Waals surface area contributed by atoms with E-state index in [0.29, 0.717) is 13.0 Å². The zero-order chi connectivity index (χ0) is 19.5. The van der Waals surface area contributed by atoms with E-state index in [9.17, 15) is 4.79 Å². The Labute approximate surface area is 167 Å². The number of amides is 1. The number of carbonyl (C=O) groups excluding carboxylic acids is 1. The van der Waals surface area contributed by atoms with Gasteiger partial charge in [0.1, 0.15) is 5.75 Å². The molecule has 0 aliphatic heterocycles. The second-order valence-corrected chi connectivity index (χ2v) is 7.51. The maximum absolute atomic E-state index is 12.4. The Balaban J connectivity index is 1.47. The number of thiazole rings is 1. The number of aromatic nitrogens is 2. The van der Waals surface area contributed by atoms with E-state index < -0.39 is 0 Å². The minimum Gasteiger partial charge on any atom is -0.497 e. The molecule has 0 bridgehead atoms. The molecular formula is C22H21N3O2S. The Morgan fingerprint density at radius 1 is 1.21 bits per heavy atom. The van der Waals surface area contributed by atoms with Crippen LogP contribution in [0.25, 0.3) is 16.2 Å². The minimum atomic E-state index is -0.00287. The molecule has 4 rings (SSSR count). The fourth-order valence-electron chi connectivity index (χ4n) is 3.01. The summed E-state index contributed by atoms with van der Waals surface area (Å²) < 4.78 is 7.28. The molecule has 0 aliphatic rings. The van der Waals surface area contributed by atoms with Crippen LogP contribution in [-0.2, 0) is 17.8 Å². The van der Waals surface area contributed by atoms with E-state index in [1.165, 1.54) is 16.9 Å². The Hall–Kier alpha value is -3.12. The number of hydrogen-bond acceptors (Lipinski definition) is 4. The van der Waals surface area contributed by atoms with Crippen LogP contribution in [0.15, 0.2) is 60.1 Å². The van der Waals surface area contributed by atoms with Gasteiger partial charge in [-0.2, -0.15) is 0 Å². The van der Waals surface area contributed by atoms with E-state index in [4.69, 9.17) is 4.74 Å². The summed E-state index contributed by atoms with van der Waals surface area (Å²) in [6.07, 6.45) is 2.29. The zero-order valence-electron chi connectivity index (χ0n) is 15.8. The standard InChI is InChI=1S/C22H21N3O2S/c1-15-6-8-16(9-7-15)12-23-21(26)11-18-14-28-22-24-20(13-25(18)22)17-4-3-5-19(10-17)27-2/h3-10,13-14H,11-12H2,1-2H3,(H,23,26). The number of fused-ring (bicyclic) bond motifs is 1. The van der Waals surface area contributed by atoms with E-state index >= 15 is 0 Å². The first kappa shape index (κ1) is 18.3. The monoisotopic (exact) mass is 391 g/mol. The summed E-state index contributed by atoms with van der Waals surface area (Å²) in [7, 11) is 1.65. The van der Waals surface area contributed by atoms with Gasteiger partial charge in [-0.3, -0.25) is 9.20 Å². The van der Waals surface area contributed by atoms with Crippen LogP contribution in [0.2, 0.25) is 0 Å². The van der Waals surface area contributed by atoms with Gasteiger partial charge in [0.2, 0.25) is 5.91 Å². The molecule has 5 nitrogen and oxygen atoms in total. The third-order valence-electron chi connectivity index (χ3n) is 4.60. The first-order valence-electron chi connectivity index (χ1n) is 9.04. The van der Waals surface area contributed by atoms with Crippen LogP contribution < -0.4 is 10.1 Å². The molecule has 0 saturated heterocycles. The van der Waals surface area contributed by atoms with Gasteiger partial charge < -0.3 is 10.1 Å². The molecule has 0 radical (unpaired) electrons. The number of nitrogens with zero attached hydrogens (tertiary/aromatic N) is 2. The van der Waals surface area contributed by atoms with Crippen molar-refractivity contribution in [3.05, 3.63) is 76.9 Å². The SMILES string of the molecule is COc1cccc(-c2cn3c(CC(=O)NCc4ccc(C)cc4)csc3n2)c1. The van der Waals surface area contributed by atoms with Crippen LogP contribution in [0.3, 0.4) is 0 Å². The molecule has 142 valence electrons. The number of aryl methyl sites for hydroxylation is 1. The van der Waals surface area contributed by atoms with Crippen molar-refractivity contribution in [1.82, 2.24) is 14.7 Å². The lowest BCUT2D eigenvalue weighted by Crippen LogP contribution is -2.24. The molecule has 2 aromatic carbocycles. The molecule has 1 N–H and O–H groups in total. The molecule has 2 aromatic heterocycles. The van der Waals surface area contributed by atoms with Crippen LogP contribution in [-0.4, -0.2) is 22.4 Å². The fourth-order valence-corrected chi connectivity index (χ4v) is 3.88. The third kappa shape index (κ3) is 3.92. The average Bonchev–Trinajstić information content (AvgIpc) is 3.30. The molecule has 0 spiro atoms. The van der Waals surface area contributed by atoms with Crippen LogP contribution in [0, 0.1) is 6.92 Å². The van der Waals surface area contributed by atoms with Crippen LogP contribution in [0.1, 0.15) is 16.8 Å². The second-order valence-electron chi connectivity index (χ2n) is 6.68. The van der Waals surface area contributed by atoms with Gasteiger partial charge in [-0.25, -0.2) is 4.98 Å². The van der Waals surface area contributed by atoms with Crippen LogP contribution in [0.5, 0.6) is 5.75 Å². The normalized spacial score (nSPS) is 10.9. The summed E-state index contributed by atoms with van der Waals surface area (Å²) >= 11 is 1.54. The van der Waals surface area contributed by atoms with Crippen molar-refractivity contribution in [3.8, 4) is 17.0 Å². The summed E-state index contributed by atoms with van der Waals surface area (Å²) in [4.78, 5) is 18.0.